The van der Waals surface area contributed by atoms with Crippen LogP contribution in [0.4, 0.5) is 0 Å². The van der Waals surface area contributed by atoms with Crippen molar-refractivity contribution < 1.29 is 13.6 Å². The van der Waals surface area contributed by atoms with Crippen LogP contribution >= 0.6 is 0 Å². The molecule has 10 nitrogen and oxygen atoms in total. The van der Waals surface area contributed by atoms with Crippen molar-refractivity contribution in [3.8, 4) is 5.75 Å². The minimum Gasteiger partial charge on any atom is -0.497 e. The van der Waals surface area contributed by atoms with Gasteiger partial charge in [0.25, 0.3) is 5.56 Å². The summed E-state index contributed by atoms with van der Waals surface area (Å²) in [4.78, 5) is 18.1. The maximum atomic E-state index is 13.0. The van der Waals surface area contributed by atoms with Crippen LogP contribution in [0.1, 0.15) is 42.3 Å². The van der Waals surface area contributed by atoms with Gasteiger partial charge in [0.2, 0.25) is 0 Å². The average molecular weight is 475 g/mol. The standard InChI is InChI=1S/C25H26N6O4/c1-3-23(24-27-28-29-31(24)16-21-7-5-11-35-21)30(15-20-6-4-10-34-20)14-18-12-17-13-19(33-2)8-9-22(17)26-25(18)32/h4-13,23H,3,14-16H2,1-2H3,(H,26,32)/t23-/m1/s1. The maximum absolute atomic E-state index is 13.0. The van der Waals surface area contributed by atoms with Gasteiger partial charge in [-0.25, -0.2) is 4.68 Å². The Morgan fingerprint density at radius 2 is 1.89 bits per heavy atom. The van der Waals surface area contributed by atoms with E-state index in [2.05, 4.69) is 32.3 Å². The van der Waals surface area contributed by atoms with Gasteiger partial charge in [0.1, 0.15) is 23.8 Å². The van der Waals surface area contributed by atoms with Crippen LogP contribution in [0.2, 0.25) is 0 Å². The van der Waals surface area contributed by atoms with Crippen molar-refractivity contribution in [1.29, 1.82) is 0 Å². The number of hydrogen-bond acceptors (Lipinski definition) is 8. The van der Waals surface area contributed by atoms with Crippen LogP contribution in [-0.4, -0.2) is 37.2 Å². The van der Waals surface area contributed by atoms with Crippen LogP contribution in [0.3, 0.4) is 0 Å². The Labute approximate surface area is 201 Å². The third kappa shape index (κ3) is 4.87. The Balaban J connectivity index is 1.51. The summed E-state index contributed by atoms with van der Waals surface area (Å²) in [6, 6.07) is 14.8. The van der Waals surface area contributed by atoms with E-state index in [1.165, 1.54) is 0 Å². The van der Waals surface area contributed by atoms with E-state index >= 15 is 0 Å². The molecule has 5 aromatic rings. The van der Waals surface area contributed by atoms with Crippen molar-refractivity contribution in [3.63, 3.8) is 0 Å². The molecule has 35 heavy (non-hydrogen) atoms. The first-order chi connectivity index (χ1) is 17.1. The van der Waals surface area contributed by atoms with E-state index in [1.54, 1.807) is 24.3 Å². The highest BCUT2D eigenvalue weighted by molar-refractivity contribution is 5.80. The monoisotopic (exact) mass is 474 g/mol. The molecule has 0 unspecified atom stereocenters. The fourth-order valence-corrected chi connectivity index (χ4v) is 4.29. The van der Waals surface area contributed by atoms with Gasteiger partial charge >= 0.3 is 0 Å². The van der Waals surface area contributed by atoms with E-state index in [0.717, 1.165) is 34.6 Å². The molecule has 4 heterocycles. The zero-order chi connectivity index (χ0) is 24.2. The molecule has 0 spiro atoms. The number of nitrogens with zero attached hydrogens (tertiary/aromatic N) is 5. The van der Waals surface area contributed by atoms with E-state index < -0.39 is 0 Å². The molecule has 0 bridgehead atoms. The number of benzene rings is 1. The number of aromatic amines is 1. The van der Waals surface area contributed by atoms with Crippen molar-refractivity contribution in [3.05, 3.63) is 94.3 Å². The van der Waals surface area contributed by atoms with Gasteiger partial charge in [0.05, 0.1) is 32.2 Å². The normalized spacial score (nSPS) is 12.4. The summed E-state index contributed by atoms with van der Waals surface area (Å²) >= 11 is 0. The molecule has 0 saturated carbocycles. The predicted octanol–water partition coefficient (Wildman–Crippen LogP) is 3.91. The number of methoxy groups -OCH3 is 1. The van der Waals surface area contributed by atoms with Crippen molar-refractivity contribution in [2.45, 2.75) is 39.0 Å². The van der Waals surface area contributed by atoms with Crippen LogP contribution < -0.4 is 10.3 Å². The lowest BCUT2D eigenvalue weighted by Crippen LogP contribution is -2.32. The fourth-order valence-electron chi connectivity index (χ4n) is 4.29. The van der Waals surface area contributed by atoms with Gasteiger partial charge in [-0.05, 0) is 65.4 Å². The smallest absolute Gasteiger partial charge is 0.252 e. The van der Waals surface area contributed by atoms with Gasteiger partial charge in [0.15, 0.2) is 5.82 Å². The van der Waals surface area contributed by atoms with Crippen molar-refractivity contribution in [2.75, 3.05) is 7.11 Å². The van der Waals surface area contributed by atoms with Crippen molar-refractivity contribution >= 4 is 10.9 Å². The second-order valence-electron chi connectivity index (χ2n) is 8.26. The number of fused-ring (bicyclic) bond motifs is 1. The minimum absolute atomic E-state index is 0.142. The average Bonchev–Trinajstić information content (AvgIpc) is 3.65. The molecular weight excluding hydrogens is 448 g/mol. The summed E-state index contributed by atoms with van der Waals surface area (Å²) in [5, 5.41) is 13.3. The summed E-state index contributed by atoms with van der Waals surface area (Å²) in [6.45, 7) is 3.34. The SMILES string of the molecule is CC[C@H](c1nnnn1Cc1ccco1)N(Cc1ccco1)Cc1cc2cc(OC)ccc2[nH]c1=O. The highest BCUT2D eigenvalue weighted by atomic mass is 16.5. The number of tetrazole rings is 1. The molecule has 0 aliphatic carbocycles. The largest absolute Gasteiger partial charge is 0.497 e. The topological polar surface area (TPSA) is 115 Å². The lowest BCUT2D eigenvalue weighted by atomic mass is 10.1. The van der Waals surface area contributed by atoms with Crippen LogP contribution in [-0.2, 0) is 19.6 Å². The Kier molecular flexibility index (Phi) is 6.44. The maximum Gasteiger partial charge on any atom is 0.252 e. The molecule has 10 heteroatoms. The van der Waals surface area contributed by atoms with Crippen LogP contribution in [0.5, 0.6) is 5.75 Å². The number of pyridine rings is 1. The third-order valence-electron chi connectivity index (χ3n) is 6.01. The number of H-pyrrole nitrogens is 1. The van der Waals surface area contributed by atoms with E-state index in [1.807, 2.05) is 48.5 Å². The first-order valence-corrected chi connectivity index (χ1v) is 11.4. The van der Waals surface area contributed by atoms with Gasteiger partial charge in [-0.15, -0.1) is 5.10 Å². The Morgan fingerprint density at radius 3 is 2.60 bits per heavy atom. The zero-order valence-electron chi connectivity index (χ0n) is 19.5. The Bertz CT molecular complexity index is 1440. The summed E-state index contributed by atoms with van der Waals surface area (Å²) < 4.78 is 18.2. The van der Waals surface area contributed by atoms with E-state index in [0.29, 0.717) is 31.0 Å². The Hall–Kier alpha value is -4.18. The second-order valence-corrected chi connectivity index (χ2v) is 8.26. The summed E-state index contributed by atoms with van der Waals surface area (Å²) in [5.41, 5.74) is 1.24. The number of furan rings is 2. The van der Waals surface area contributed by atoms with Crippen molar-refractivity contribution in [1.82, 2.24) is 30.1 Å². The molecular formula is C25H26N6O4. The van der Waals surface area contributed by atoms with E-state index in [-0.39, 0.29) is 11.6 Å². The number of hydrogen-bond donors (Lipinski definition) is 1. The Morgan fingerprint density at radius 1 is 1.09 bits per heavy atom. The molecule has 1 aromatic carbocycles. The first-order valence-electron chi connectivity index (χ1n) is 11.4. The quantitative estimate of drug-likeness (QED) is 0.324. The number of ether oxygens (including phenoxy) is 1. The highest BCUT2D eigenvalue weighted by Crippen LogP contribution is 2.27. The summed E-state index contributed by atoms with van der Waals surface area (Å²) in [5.74, 6) is 2.96. The third-order valence-corrected chi connectivity index (χ3v) is 6.01. The van der Waals surface area contributed by atoms with Crippen LogP contribution in [0, 0.1) is 0 Å². The van der Waals surface area contributed by atoms with Crippen LogP contribution in [0.15, 0.2) is 74.7 Å². The molecule has 1 atom stereocenters. The molecule has 0 aliphatic rings. The van der Waals surface area contributed by atoms with E-state index in [4.69, 9.17) is 13.6 Å². The van der Waals surface area contributed by atoms with Crippen molar-refractivity contribution in [2.24, 2.45) is 0 Å². The lowest BCUT2D eigenvalue weighted by molar-refractivity contribution is 0.149. The van der Waals surface area contributed by atoms with Gasteiger partial charge in [-0.2, -0.15) is 0 Å². The fraction of sp³-hybridized carbons (Fsp3) is 0.280. The zero-order valence-corrected chi connectivity index (χ0v) is 19.5. The van der Waals surface area contributed by atoms with Gasteiger partial charge < -0.3 is 18.6 Å². The molecule has 0 saturated heterocycles. The molecule has 1 N–H and O–H groups in total. The minimum atomic E-state index is -0.175. The second kappa shape index (κ2) is 9.98. The summed E-state index contributed by atoms with van der Waals surface area (Å²) in [6.07, 6.45) is 3.99. The molecule has 0 fully saturated rings. The number of nitrogens with one attached hydrogen (secondary N) is 1. The van der Waals surface area contributed by atoms with Gasteiger partial charge in [-0.1, -0.05) is 6.92 Å². The van der Waals surface area contributed by atoms with Gasteiger partial charge in [-0.3, -0.25) is 9.69 Å². The molecule has 0 aliphatic heterocycles. The lowest BCUT2D eigenvalue weighted by Gasteiger charge is -2.29. The number of aromatic nitrogens is 5. The molecule has 5 rings (SSSR count). The summed E-state index contributed by atoms with van der Waals surface area (Å²) in [7, 11) is 1.62. The molecule has 0 radical (unpaired) electrons. The van der Waals surface area contributed by atoms with Gasteiger partial charge in [0, 0.05) is 23.0 Å². The van der Waals surface area contributed by atoms with Crippen LogP contribution in [0.25, 0.3) is 10.9 Å². The highest BCUT2D eigenvalue weighted by Gasteiger charge is 2.27. The first kappa shape index (κ1) is 22.6. The molecule has 180 valence electrons. The molecule has 4 aromatic heterocycles. The van der Waals surface area contributed by atoms with E-state index in [9.17, 15) is 4.79 Å². The predicted molar refractivity (Wildman–Crippen MR) is 128 cm³/mol. The molecule has 0 amide bonds. The number of rotatable bonds is 10.